The summed E-state index contributed by atoms with van der Waals surface area (Å²) in [4.78, 5) is 12.3. The molecule has 3 aromatic carbocycles. The Hall–Kier alpha value is -1.62. The molecule has 0 saturated carbocycles. The Kier molecular flexibility index (Phi) is 3.64. The van der Waals surface area contributed by atoms with Gasteiger partial charge in [0.2, 0.25) is 0 Å². The van der Waals surface area contributed by atoms with Crippen LogP contribution < -0.4 is 3.61 Å². The summed E-state index contributed by atoms with van der Waals surface area (Å²) >= 11 is -0.857. The van der Waals surface area contributed by atoms with Crippen LogP contribution in [0.4, 0.5) is 0 Å². The first-order valence-electron chi connectivity index (χ1n) is 6.09. The van der Waals surface area contributed by atoms with Crippen LogP contribution in [0.15, 0.2) is 72.8 Å². The van der Waals surface area contributed by atoms with Gasteiger partial charge in [-0.3, -0.25) is 0 Å². The van der Waals surface area contributed by atoms with Gasteiger partial charge in [0.15, 0.2) is 0 Å². The summed E-state index contributed by atoms with van der Waals surface area (Å²) < 4.78 is 1.51. The molecule has 0 saturated heterocycles. The number of carbonyl (C=O) groups excluding carboxylic acids is 1. The van der Waals surface area contributed by atoms with Crippen LogP contribution in [0, 0.1) is 0 Å². The van der Waals surface area contributed by atoms with E-state index in [9.17, 15) is 4.79 Å². The molecule has 0 heterocycles. The van der Waals surface area contributed by atoms with Crippen LogP contribution in [-0.4, -0.2) is 24.8 Å². The predicted molar refractivity (Wildman–Crippen MR) is 80.1 cm³/mol. The maximum absolute atomic E-state index is 12.3. The summed E-state index contributed by atoms with van der Waals surface area (Å²) in [5.74, 6) is 0. The first-order valence-corrected chi connectivity index (χ1v) is 8.42. The van der Waals surface area contributed by atoms with Crippen LogP contribution in [0.2, 0.25) is 0 Å². The van der Waals surface area contributed by atoms with Crippen molar-refractivity contribution in [3.63, 3.8) is 0 Å². The van der Waals surface area contributed by atoms with Crippen molar-refractivity contribution in [2.45, 2.75) is 0 Å². The SMILES string of the molecule is O=C([Te]c1cccc2ccccc12)c1ccccc1. The number of carbonyl (C=O) groups is 1. The molecular weight excluding hydrogens is 348 g/mol. The molecule has 0 aliphatic carbocycles. The third-order valence-electron chi connectivity index (χ3n) is 2.96. The fourth-order valence-corrected chi connectivity index (χ4v) is 4.58. The Bertz CT molecular complexity index is 714. The van der Waals surface area contributed by atoms with Gasteiger partial charge >= 0.3 is 122 Å². The molecule has 3 rings (SSSR count). The molecule has 0 spiro atoms. The molecule has 0 aliphatic heterocycles. The van der Waals surface area contributed by atoms with Gasteiger partial charge < -0.3 is 0 Å². The second-order valence-corrected chi connectivity index (χ2v) is 7.13. The van der Waals surface area contributed by atoms with Crippen LogP contribution in [0.1, 0.15) is 10.4 Å². The zero-order valence-electron chi connectivity index (χ0n) is 10.2. The average molecular weight is 360 g/mol. The molecule has 0 amide bonds. The zero-order chi connectivity index (χ0) is 13.1. The standard InChI is InChI=1S/C17H12OTe/c18-17(14-8-2-1-3-9-14)19-16-12-6-10-13-7-4-5-11-15(13)16/h1-12H. The number of fused-ring (bicyclic) bond motifs is 1. The van der Waals surface area contributed by atoms with Crippen LogP contribution in [0.3, 0.4) is 0 Å². The zero-order valence-corrected chi connectivity index (χ0v) is 12.6. The summed E-state index contributed by atoms with van der Waals surface area (Å²) in [6.45, 7) is 0. The molecule has 2 heteroatoms. The molecule has 0 atom stereocenters. The topological polar surface area (TPSA) is 17.1 Å². The van der Waals surface area contributed by atoms with Crippen molar-refractivity contribution in [2.75, 3.05) is 0 Å². The van der Waals surface area contributed by atoms with Crippen molar-refractivity contribution < 1.29 is 4.79 Å². The summed E-state index contributed by atoms with van der Waals surface area (Å²) in [7, 11) is 0. The van der Waals surface area contributed by atoms with Gasteiger partial charge in [0, 0.05) is 0 Å². The molecule has 0 aliphatic rings. The maximum atomic E-state index is 12.3. The van der Waals surface area contributed by atoms with Crippen molar-refractivity contribution in [2.24, 2.45) is 0 Å². The molecule has 3 aromatic rings. The van der Waals surface area contributed by atoms with Crippen LogP contribution in [0.5, 0.6) is 0 Å². The van der Waals surface area contributed by atoms with E-state index in [0.29, 0.717) is 3.83 Å². The fourth-order valence-electron chi connectivity index (χ4n) is 2.02. The Morgan fingerprint density at radius 1 is 0.737 bits per heavy atom. The van der Waals surface area contributed by atoms with Gasteiger partial charge in [0.1, 0.15) is 0 Å². The van der Waals surface area contributed by atoms with E-state index in [0.717, 1.165) is 5.56 Å². The van der Waals surface area contributed by atoms with E-state index in [1.807, 2.05) is 48.5 Å². The second kappa shape index (κ2) is 5.57. The quantitative estimate of drug-likeness (QED) is 0.657. The second-order valence-electron chi connectivity index (χ2n) is 4.23. The molecule has 0 bridgehead atoms. The number of hydrogen-bond donors (Lipinski definition) is 0. The van der Waals surface area contributed by atoms with E-state index >= 15 is 0 Å². The Balaban J connectivity index is 1.96. The van der Waals surface area contributed by atoms with Gasteiger partial charge in [-0.15, -0.1) is 0 Å². The molecule has 0 radical (unpaired) electrons. The van der Waals surface area contributed by atoms with Gasteiger partial charge in [-0.05, 0) is 0 Å². The van der Waals surface area contributed by atoms with E-state index in [4.69, 9.17) is 0 Å². The molecule has 92 valence electrons. The Morgan fingerprint density at radius 3 is 2.26 bits per heavy atom. The van der Waals surface area contributed by atoms with Gasteiger partial charge in [0.05, 0.1) is 0 Å². The minimum absolute atomic E-state index is 0.294. The first kappa shape index (κ1) is 12.4. The molecule has 0 unspecified atom stereocenters. The van der Waals surface area contributed by atoms with Crippen molar-refractivity contribution in [1.82, 2.24) is 0 Å². The number of benzene rings is 3. The summed E-state index contributed by atoms with van der Waals surface area (Å²) in [5.41, 5.74) is 0.831. The van der Waals surface area contributed by atoms with Crippen molar-refractivity contribution in [3.8, 4) is 0 Å². The average Bonchev–Trinajstić information content (AvgIpc) is 2.48. The van der Waals surface area contributed by atoms with E-state index in [-0.39, 0.29) is 0 Å². The van der Waals surface area contributed by atoms with Gasteiger partial charge in [-0.1, -0.05) is 0 Å². The molecule has 1 nitrogen and oxygen atoms in total. The normalized spacial score (nSPS) is 10.5. The Morgan fingerprint density at radius 2 is 1.42 bits per heavy atom. The van der Waals surface area contributed by atoms with Gasteiger partial charge in [-0.25, -0.2) is 0 Å². The van der Waals surface area contributed by atoms with Crippen molar-refractivity contribution in [1.29, 1.82) is 0 Å². The minimum atomic E-state index is -0.857. The third kappa shape index (κ3) is 2.71. The van der Waals surface area contributed by atoms with Crippen LogP contribution in [-0.2, 0) is 0 Å². The molecule has 19 heavy (non-hydrogen) atoms. The van der Waals surface area contributed by atoms with E-state index in [2.05, 4.69) is 24.3 Å². The van der Waals surface area contributed by atoms with E-state index < -0.39 is 20.9 Å². The Labute approximate surface area is 122 Å². The van der Waals surface area contributed by atoms with Crippen LogP contribution in [0.25, 0.3) is 10.8 Å². The number of rotatable bonds is 3. The molecule has 0 fully saturated rings. The van der Waals surface area contributed by atoms with Crippen LogP contribution >= 0.6 is 0 Å². The van der Waals surface area contributed by atoms with Crippen molar-refractivity contribution in [3.05, 3.63) is 78.4 Å². The summed E-state index contributed by atoms with van der Waals surface area (Å²) in [5, 5.41) is 2.43. The predicted octanol–water partition coefficient (Wildman–Crippen LogP) is 3.01. The molecular formula is C17H12OTe. The monoisotopic (exact) mass is 362 g/mol. The fraction of sp³-hybridized carbons (Fsp3) is 0. The summed E-state index contributed by atoms with van der Waals surface area (Å²) in [6.07, 6.45) is 0. The van der Waals surface area contributed by atoms with Gasteiger partial charge in [-0.2, -0.15) is 0 Å². The van der Waals surface area contributed by atoms with E-state index in [1.54, 1.807) is 0 Å². The van der Waals surface area contributed by atoms with E-state index in [1.165, 1.54) is 14.4 Å². The summed E-state index contributed by atoms with van der Waals surface area (Å²) in [6, 6.07) is 24.1. The molecule has 0 aromatic heterocycles. The van der Waals surface area contributed by atoms with Gasteiger partial charge in [0.25, 0.3) is 0 Å². The first-order chi connectivity index (χ1) is 9.34. The number of hydrogen-bond acceptors (Lipinski definition) is 1. The molecule has 0 N–H and O–H groups in total. The third-order valence-corrected chi connectivity index (χ3v) is 5.81. The van der Waals surface area contributed by atoms with Crippen molar-refractivity contribution >= 4 is 39.1 Å².